The second-order valence-electron chi connectivity index (χ2n) is 6.77. The lowest BCUT2D eigenvalue weighted by molar-refractivity contribution is 0.0527. The van der Waals surface area contributed by atoms with Crippen LogP contribution in [0.1, 0.15) is 53.9 Å². The van der Waals surface area contributed by atoms with E-state index in [-0.39, 0.29) is 18.2 Å². The minimum atomic E-state index is -0.493. The highest BCUT2D eigenvalue weighted by Crippen LogP contribution is 2.36. The lowest BCUT2D eigenvalue weighted by Crippen LogP contribution is -2.14. The van der Waals surface area contributed by atoms with Gasteiger partial charge in [0.2, 0.25) is 0 Å². The van der Waals surface area contributed by atoms with Crippen LogP contribution in [0.5, 0.6) is 0 Å². The highest BCUT2D eigenvalue weighted by molar-refractivity contribution is 6.36. The van der Waals surface area contributed by atoms with E-state index in [4.69, 9.17) is 27.9 Å². The summed E-state index contributed by atoms with van der Waals surface area (Å²) >= 11 is 12.8. The second-order valence-corrected chi connectivity index (χ2v) is 7.58. The Morgan fingerprint density at radius 2 is 1.97 bits per heavy atom. The molecule has 1 N–H and O–H groups in total. The molecule has 1 aromatic heterocycles. The molecule has 3 rings (SSSR count). The zero-order valence-corrected chi connectivity index (χ0v) is 18.4. The second kappa shape index (κ2) is 9.34. The van der Waals surface area contributed by atoms with Gasteiger partial charge in [0.05, 0.1) is 35.5 Å². The number of nitrogens with zero attached hydrogens (tertiary/aromatic N) is 2. The summed E-state index contributed by atoms with van der Waals surface area (Å²) < 4.78 is 5.23. The van der Waals surface area contributed by atoms with E-state index in [0.717, 1.165) is 11.1 Å². The Hall–Kier alpha value is -2.81. The number of aromatic nitrogens is 1. The molecule has 0 saturated heterocycles. The van der Waals surface area contributed by atoms with Crippen molar-refractivity contribution in [1.82, 2.24) is 4.98 Å². The van der Waals surface area contributed by atoms with Crippen LogP contribution in [0.4, 0.5) is 5.69 Å². The van der Waals surface area contributed by atoms with Crippen LogP contribution in [0.3, 0.4) is 0 Å². The third-order valence-electron chi connectivity index (χ3n) is 4.85. The van der Waals surface area contributed by atoms with Gasteiger partial charge in [-0.2, -0.15) is 5.26 Å². The quantitative estimate of drug-likeness (QED) is 0.452. The van der Waals surface area contributed by atoms with E-state index in [1.807, 2.05) is 19.9 Å². The van der Waals surface area contributed by atoms with Gasteiger partial charge in [-0.15, -0.1) is 0 Å². The standard InChI is InChI=1S/C23H21Cl2N3O2/c1-4-15-9-14(11-26)10-16-21(15)27-12-17(23(29)30-5-2)22(16)28-13(3)20-18(24)7-6-8-19(20)25/h6-10,12-13H,4-5H2,1-3H3,(H,27,28). The predicted octanol–water partition coefficient (Wildman–Crippen LogP) is 6.33. The number of carbonyl (C=O) groups is 1. The van der Waals surface area contributed by atoms with Crippen molar-refractivity contribution >= 4 is 45.8 Å². The molecule has 0 bridgehead atoms. The summed E-state index contributed by atoms with van der Waals surface area (Å²) in [5, 5.41) is 14.6. The maximum absolute atomic E-state index is 12.7. The summed E-state index contributed by atoms with van der Waals surface area (Å²) in [6.45, 7) is 5.88. The Morgan fingerprint density at radius 1 is 1.27 bits per heavy atom. The summed E-state index contributed by atoms with van der Waals surface area (Å²) in [6.07, 6.45) is 2.21. The molecule has 1 unspecified atom stereocenters. The molecule has 0 fully saturated rings. The smallest absolute Gasteiger partial charge is 0.341 e. The number of esters is 1. The molecule has 0 aliphatic carbocycles. The molecule has 2 aromatic carbocycles. The number of nitrogens with one attached hydrogen (secondary N) is 1. The van der Waals surface area contributed by atoms with Crippen LogP contribution in [0.15, 0.2) is 36.5 Å². The first-order valence-electron chi connectivity index (χ1n) is 9.64. The summed E-state index contributed by atoms with van der Waals surface area (Å²) in [5.41, 5.74) is 3.68. The van der Waals surface area contributed by atoms with Crippen molar-refractivity contribution in [3.63, 3.8) is 0 Å². The molecular formula is C23H21Cl2N3O2. The summed E-state index contributed by atoms with van der Waals surface area (Å²) in [5.74, 6) is -0.493. The number of anilines is 1. The maximum atomic E-state index is 12.7. The van der Waals surface area contributed by atoms with Crippen LogP contribution in [-0.2, 0) is 11.2 Å². The average molecular weight is 442 g/mol. The lowest BCUT2D eigenvalue weighted by Gasteiger charge is -2.22. The van der Waals surface area contributed by atoms with Crippen molar-refractivity contribution in [3.05, 3.63) is 68.8 Å². The SMILES string of the molecule is CCOC(=O)c1cnc2c(CC)cc(C#N)cc2c1NC(C)c1c(Cl)cccc1Cl. The van der Waals surface area contributed by atoms with Gasteiger partial charge < -0.3 is 10.1 Å². The van der Waals surface area contributed by atoms with Crippen molar-refractivity contribution in [2.75, 3.05) is 11.9 Å². The molecular weight excluding hydrogens is 421 g/mol. The molecule has 7 heteroatoms. The molecule has 5 nitrogen and oxygen atoms in total. The van der Waals surface area contributed by atoms with E-state index in [0.29, 0.717) is 38.7 Å². The van der Waals surface area contributed by atoms with Gasteiger partial charge in [-0.05, 0) is 50.1 Å². The van der Waals surface area contributed by atoms with Crippen molar-refractivity contribution in [1.29, 1.82) is 5.26 Å². The van der Waals surface area contributed by atoms with Gasteiger partial charge in [-0.1, -0.05) is 36.2 Å². The third-order valence-corrected chi connectivity index (χ3v) is 5.51. The average Bonchev–Trinajstić information content (AvgIpc) is 2.73. The number of halogens is 2. The van der Waals surface area contributed by atoms with Gasteiger partial charge in [0.15, 0.2) is 0 Å². The summed E-state index contributed by atoms with van der Waals surface area (Å²) in [4.78, 5) is 17.2. The number of hydrogen-bond donors (Lipinski definition) is 1. The van der Waals surface area contributed by atoms with Crippen molar-refractivity contribution < 1.29 is 9.53 Å². The van der Waals surface area contributed by atoms with E-state index < -0.39 is 5.97 Å². The van der Waals surface area contributed by atoms with Gasteiger partial charge in [-0.25, -0.2) is 4.79 Å². The van der Waals surface area contributed by atoms with Gasteiger partial charge in [0.1, 0.15) is 5.56 Å². The number of benzene rings is 2. The van der Waals surface area contributed by atoms with Gasteiger partial charge in [0, 0.05) is 27.2 Å². The summed E-state index contributed by atoms with van der Waals surface area (Å²) in [7, 11) is 0. The number of rotatable bonds is 6. The van der Waals surface area contributed by atoms with E-state index >= 15 is 0 Å². The minimum Gasteiger partial charge on any atom is -0.462 e. The predicted molar refractivity (Wildman–Crippen MR) is 120 cm³/mol. The Morgan fingerprint density at radius 3 is 2.57 bits per heavy atom. The van der Waals surface area contributed by atoms with E-state index in [2.05, 4.69) is 16.4 Å². The zero-order valence-electron chi connectivity index (χ0n) is 16.9. The third kappa shape index (κ3) is 4.21. The first-order chi connectivity index (χ1) is 14.4. The molecule has 0 saturated carbocycles. The molecule has 1 heterocycles. The fourth-order valence-electron chi connectivity index (χ4n) is 3.44. The fourth-order valence-corrected chi connectivity index (χ4v) is 4.17. The van der Waals surface area contributed by atoms with Gasteiger partial charge in [0.25, 0.3) is 0 Å². The Labute approximate surface area is 185 Å². The number of fused-ring (bicyclic) bond motifs is 1. The Balaban J connectivity index is 2.24. The van der Waals surface area contributed by atoms with Crippen LogP contribution < -0.4 is 5.32 Å². The summed E-state index contributed by atoms with van der Waals surface area (Å²) in [6, 6.07) is 10.7. The molecule has 3 aromatic rings. The van der Waals surface area contributed by atoms with E-state index in [9.17, 15) is 10.1 Å². The fraction of sp³-hybridized carbons (Fsp3) is 0.261. The number of ether oxygens (including phenoxy) is 1. The number of pyridine rings is 1. The number of nitriles is 1. The molecule has 30 heavy (non-hydrogen) atoms. The van der Waals surface area contributed by atoms with Crippen molar-refractivity contribution in [2.45, 2.75) is 33.2 Å². The molecule has 0 spiro atoms. The minimum absolute atomic E-state index is 0.237. The molecule has 1 atom stereocenters. The topological polar surface area (TPSA) is 75.0 Å². The van der Waals surface area contributed by atoms with Gasteiger partial charge >= 0.3 is 5.97 Å². The maximum Gasteiger partial charge on any atom is 0.341 e. The van der Waals surface area contributed by atoms with Crippen molar-refractivity contribution in [2.24, 2.45) is 0 Å². The number of hydrogen-bond acceptors (Lipinski definition) is 5. The van der Waals surface area contributed by atoms with Crippen molar-refractivity contribution in [3.8, 4) is 6.07 Å². The van der Waals surface area contributed by atoms with E-state index in [1.54, 1.807) is 31.2 Å². The van der Waals surface area contributed by atoms with Crippen LogP contribution in [-0.4, -0.2) is 17.6 Å². The largest absolute Gasteiger partial charge is 0.462 e. The van der Waals surface area contributed by atoms with Crippen LogP contribution in [0.25, 0.3) is 10.9 Å². The Bertz CT molecular complexity index is 1140. The number of aryl methyl sites for hydroxylation is 1. The molecule has 0 aliphatic rings. The van der Waals surface area contributed by atoms with E-state index in [1.165, 1.54) is 6.20 Å². The van der Waals surface area contributed by atoms with Crippen LogP contribution in [0, 0.1) is 11.3 Å². The van der Waals surface area contributed by atoms with Crippen LogP contribution in [0.2, 0.25) is 10.0 Å². The highest BCUT2D eigenvalue weighted by atomic mass is 35.5. The first kappa shape index (κ1) is 21.9. The Kier molecular flexibility index (Phi) is 6.81. The highest BCUT2D eigenvalue weighted by Gasteiger charge is 2.22. The van der Waals surface area contributed by atoms with Crippen LogP contribution >= 0.6 is 23.2 Å². The molecule has 0 aliphatic heterocycles. The normalized spacial score (nSPS) is 11.7. The number of carbonyl (C=O) groups excluding carboxylic acids is 1. The van der Waals surface area contributed by atoms with Gasteiger partial charge in [-0.3, -0.25) is 4.98 Å². The lowest BCUT2D eigenvalue weighted by atomic mass is 9.99. The zero-order chi connectivity index (χ0) is 21.8. The first-order valence-corrected chi connectivity index (χ1v) is 10.4. The molecule has 0 amide bonds. The molecule has 154 valence electrons. The molecule has 0 radical (unpaired) electrons. The monoisotopic (exact) mass is 441 g/mol.